The Morgan fingerprint density at radius 2 is 1.79 bits per heavy atom. The van der Waals surface area contributed by atoms with E-state index in [4.69, 9.17) is 21.1 Å². The van der Waals surface area contributed by atoms with E-state index in [-0.39, 0.29) is 12.4 Å². The van der Waals surface area contributed by atoms with Gasteiger partial charge in [0, 0.05) is 27.2 Å². The number of nitrogens with one attached hydrogen (secondary N) is 1. The quantitative estimate of drug-likeness (QED) is 0.374. The first-order valence-electron chi connectivity index (χ1n) is 9.25. The Kier molecular flexibility index (Phi) is 7.92. The first-order chi connectivity index (χ1) is 14.1. The molecule has 0 radical (unpaired) electrons. The molecule has 0 saturated heterocycles. The van der Waals surface area contributed by atoms with E-state index in [9.17, 15) is 4.39 Å². The molecule has 3 rings (SSSR count). The standard InChI is InChI=1S/C23H22BrClFNO2/c1-28-22-11-10-20(24)19(14-27-13-12-16-6-8-18(25)9-7-16)23(22)29-15-17-4-2-3-5-21(17)26/h2-11,27H,12-15H2,1H3. The van der Waals surface area contributed by atoms with Crippen molar-refractivity contribution in [3.05, 3.63) is 92.7 Å². The molecule has 29 heavy (non-hydrogen) atoms. The molecule has 0 fully saturated rings. The highest BCUT2D eigenvalue weighted by Gasteiger charge is 2.15. The fourth-order valence-electron chi connectivity index (χ4n) is 2.93. The molecule has 0 aromatic heterocycles. The molecule has 0 aliphatic carbocycles. The average Bonchev–Trinajstić information content (AvgIpc) is 2.73. The van der Waals surface area contributed by atoms with Crippen LogP contribution in [0, 0.1) is 5.82 Å². The molecule has 0 saturated carbocycles. The van der Waals surface area contributed by atoms with Gasteiger partial charge in [0.05, 0.1) is 7.11 Å². The third-order valence-electron chi connectivity index (χ3n) is 4.52. The number of rotatable bonds is 9. The third-order valence-corrected chi connectivity index (χ3v) is 5.52. The number of ether oxygens (including phenoxy) is 2. The lowest BCUT2D eigenvalue weighted by Gasteiger charge is -2.17. The Balaban J connectivity index is 1.68. The highest BCUT2D eigenvalue weighted by atomic mass is 79.9. The number of halogens is 3. The largest absolute Gasteiger partial charge is 0.493 e. The van der Waals surface area contributed by atoms with E-state index in [0.717, 1.165) is 28.0 Å². The van der Waals surface area contributed by atoms with Gasteiger partial charge in [-0.05, 0) is 48.9 Å². The van der Waals surface area contributed by atoms with Crippen molar-refractivity contribution >= 4 is 27.5 Å². The summed E-state index contributed by atoms with van der Waals surface area (Å²) in [5.74, 6) is 0.923. The molecule has 0 amide bonds. The van der Waals surface area contributed by atoms with E-state index in [1.165, 1.54) is 11.6 Å². The molecule has 0 spiro atoms. The van der Waals surface area contributed by atoms with E-state index < -0.39 is 0 Å². The molecule has 0 heterocycles. The first kappa shape index (κ1) is 21.6. The summed E-state index contributed by atoms with van der Waals surface area (Å²) < 4.78 is 26.3. The third kappa shape index (κ3) is 5.95. The zero-order valence-corrected chi connectivity index (χ0v) is 18.4. The van der Waals surface area contributed by atoms with Gasteiger partial charge in [-0.15, -0.1) is 0 Å². The average molecular weight is 479 g/mol. The monoisotopic (exact) mass is 477 g/mol. The zero-order valence-electron chi connectivity index (χ0n) is 16.1. The van der Waals surface area contributed by atoms with E-state index in [2.05, 4.69) is 21.2 Å². The van der Waals surface area contributed by atoms with Crippen LogP contribution in [0.25, 0.3) is 0 Å². The van der Waals surface area contributed by atoms with Crippen molar-refractivity contribution in [1.29, 1.82) is 0 Å². The highest BCUT2D eigenvalue weighted by Crippen LogP contribution is 2.37. The Morgan fingerprint density at radius 1 is 1.03 bits per heavy atom. The summed E-state index contributed by atoms with van der Waals surface area (Å²) in [7, 11) is 1.59. The minimum Gasteiger partial charge on any atom is -0.493 e. The molecule has 0 atom stereocenters. The zero-order chi connectivity index (χ0) is 20.6. The van der Waals surface area contributed by atoms with Crippen LogP contribution in [0.1, 0.15) is 16.7 Å². The predicted molar refractivity (Wildman–Crippen MR) is 118 cm³/mol. The van der Waals surface area contributed by atoms with Gasteiger partial charge in [-0.25, -0.2) is 4.39 Å². The summed E-state index contributed by atoms with van der Waals surface area (Å²) >= 11 is 9.52. The molecule has 0 aliphatic rings. The maximum Gasteiger partial charge on any atom is 0.167 e. The highest BCUT2D eigenvalue weighted by molar-refractivity contribution is 9.10. The van der Waals surface area contributed by atoms with Gasteiger partial charge in [-0.1, -0.05) is 57.9 Å². The maximum atomic E-state index is 13.9. The van der Waals surface area contributed by atoms with E-state index in [0.29, 0.717) is 23.6 Å². The number of methoxy groups -OCH3 is 1. The van der Waals surface area contributed by atoms with Crippen molar-refractivity contribution in [3.8, 4) is 11.5 Å². The van der Waals surface area contributed by atoms with Crippen LogP contribution in [0.5, 0.6) is 11.5 Å². The van der Waals surface area contributed by atoms with Crippen LogP contribution in [-0.2, 0) is 19.6 Å². The lowest BCUT2D eigenvalue weighted by atomic mass is 10.1. The molecular formula is C23H22BrClFNO2. The summed E-state index contributed by atoms with van der Waals surface area (Å²) in [5.41, 5.74) is 2.63. The SMILES string of the molecule is COc1ccc(Br)c(CNCCc2ccc(Cl)cc2)c1OCc1ccccc1F. The van der Waals surface area contributed by atoms with Gasteiger partial charge in [-0.2, -0.15) is 0 Å². The molecule has 0 unspecified atom stereocenters. The van der Waals surface area contributed by atoms with Crippen LogP contribution < -0.4 is 14.8 Å². The fraction of sp³-hybridized carbons (Fsp3) is 0.217. The van der Waals surface area contributed by atoms with Gasteiger partial charge in [0.25, 0.3) is 0 Å². The van der Waals surface area contributed by atoms with E-state index in [1.807, 2.05) is 36.4 Å². The van der Waals surface area contributed by atoms with E-state index in [1.54, 1.807) is 25.3 Å². The summed E-state index contributed by atoms with van der Waals surface area (Å²) in [6.07, 6.45) is 0.879. The van der Waals surface area contributed by atoms with Crippen LogP contribution in [-0.4, -0.2) is 13.7 Å². The number of benzene rings is 3. The topological polar surface area (TPSA) is 30.5 Å². The van der Waals surface area contributed by atoms with Crippen molar-refractivity contribution < 1.29 is 13.9 Å². The molecule has 6 heteroatoms. The lowest BCUT2D eigenvalue weighted by molar-refractivity contribution is 0.275. The van der Waals surface area contributed by atoms with Crippen LogP contribution >= 0.6 is 27.5 Å². The Hall–Kier alpha value is -2.08. The lowest BCUT2D eigenvalue weighted by Crippen LogP contribution is -2.18. The van der Waals surface area contributed by atoms with Crippen LogP contribution in [0.2, 0.25) is 5.02 Å². The van der Waals surface area contributed by atoms with Crippen molar-refractivity contribution in [3.63, 3.8) is 0 Å². The van der Waals surface area contributed by atoms with Gasteiger partial charge in [0.15, 0.2) is 11.5 Å². The number of hydrogen-bond acceptors (Lipinski definition) is 3. The molecule has 3 aromatic carbocycles. The fourth-order valence-corrected chi connectivity index (χ4v) is 3.51. The van der Waals surface area contributed by atoms with Crippen LogP contribution in [0.3, 0.4) is 0 Å². The molecule has 0 aliphatic heterocycles. The Labute approximate surface area is 183 Å². The van der Waals surface area contributed by atoms with Crippen LogP contribution in [0.15, 0.2) is 65.1 Å². The number of hydrogen-bond donors (Lipinski definition) is 1. The normalized spacial score (nSPS) is 10.8. The van der Waals surface area contributed by atoms with Gasteiger partial charge in [0.1, 0.15) is 12.4 Å². The molecular weight excluding hydrogens is 457 g/mol. The Bertz CT molecular complexity index is 950. The summed E-state index contributed by atoms with van der Waals surface area (Å²) in [4.78, 5) is 0. The summed E-state index contributed by atoms with van der Waals surface area (Å²) in [6, 6.07) is 18.2. The van der Waals surface area contributed by atoms with Crippen molar-refractivity contribution in [2.24, 2.45) is 0 Å². The smallest absolute Gasteiger partial charge is 0.167 e. The molecule has 0 bridgehead atoms. The molecule has 3 aromatic rings. The second-order valence-corrected chi connectivity index (χ2v) is 7.78. The second kappa shape index (κ2) is 10.6. The molecule has 152 valence electrons. The summed E-state index contributed by atoms with van der Waals surface area (Å²) in [5, 5.41) is 4.17. The van der Waals surface area contributed by atoms with E-state index >= 15 is 0 Å². The van der Waals surface area contributed by atoms with Crippen molar-refractivity contribution in [2.75, 3.05) is 13.7 Å². The minimum atomic E-state index is -0.288. The minimum absolute atomic E-state index is 0.122. The van der Waals surface area contributed by atoms with Crippen molar-refractivity contribution in [1.82, 2.24) is 5.32 Å². The second-order valence-electron chi connectivity index (χ2n) is 6.49. The van der Waals surface area contributed by atoms with Crippen LogP contribution in [0.4, 0.5) is 4.39 Å². The van der Waals surface area contributed by atoms with Crippen molar-refractivity contribution in [2.45, 2.75) is 19.6 Å². The maximum absolute atomic E-state index is 13.9. The van der Waals surface area contributed by atoms with Gasteiger partial charge >= 0.3 is 0 Å². The predicted octanol–water partition coefficient (Wildman–Crippen LogP) is 6.16. The van der Waals surface area contributed by atoms with Gasteiger partial charge in [-0.3, -0.25) is 0 Å². The van der Waals surface area contributed by atoms with Gasteiger partial charge < -0.3 is 14.8 Å². The first-order valence-corrected chi connectivity index (χ1v) is 10.4. The van der Waals surface area contributed by atoms with Gasteiger partial charge in [0.2, 0.25) is 0 Å². The molecule has 3 nitrogen and oxygen atoms in total. The summed E-state index contributed by atoms with van der Waals surface area (Å²) in [6.45, 7) is 1.49. The molecule has 1 N–H and O–H groups in total. The Morgan fingerprint density at radius 3 is 2.52 bits per heavy atom.